The molecule has 0 saturated heterocycles. The number of rotatable bonds is 8. The molecule has 2 aromatic carbocycles. The fourth-order valence-electron chi connectivity index (χ4n) is 3.48. The molecule has 3 aromatic rings. The van der Waals surface area contributed by atoms with Crippen LogP contribution in [0.25, 0.3) is 11.0 Å². The molecule has 0 N–H and O–H groups in total. The second-order valence-electron chi connectivity index (χ2n) is 7.30. The van der Waals surface area contributed by atoms with E-state index in [4.69, 9.17) is 0 Å². The molecule has 1 aromatic heterocycles. The first-order chi connectivity index (χ1) is 14.6. The molecule has 0 amide bonds. The summed E-state index contributed by atoms with van der Waals surface area (Å²) < 4.78 is 78.5. The van der Waals surface area contributed by atoms with Gasteiger partial charge in [0.05, 0.1) is 15.6 Å². The summed E-state index contributed by atoms with van der Waals surface area (Å²) >= 11 is 3.49. The predicted octanol–water partition coefficient (Wildman–Crippen LogP) is 7.12. The van der Waals surface area contributed by atoms with Crippen LogP contribution >= 0.6 is 15.9 Å². The number of alkyl halides is 6. The maximum Gasteiger partial charge on any atom is 0.416 e. The summed E-state index contributed by atoms with van der Waals surface area (Å²) in [6, 6.07) is 9.19. The van der Waals surface area contributed by atoms with E-state index in [0.717, 1.165) is 11.6 Å². The van der Waals surface area contributed by atoms with Crippen LogP contribution < -0.4 is 0 Å². The molecule has 0 aliphatic heterocycles. The number of aromatic nitrogens is 3. The minimum absolute atomic E-state index is 0.0174. The lowest BCUT2D eigenvalue weighted by atomic mass is 9.99. The van der Waals surface area contributed by atoms with Crippen LogP contribution in [0.15, 0.2) is 40.9 Å². The van der Waals surface area contributed by atoms with Crippen molar-refractivity contribution in [3.63, 3.8) is 0 Å². The van der Waals surface area contributed by atoms with Crippen LogP contribution in [0.2, 0.25) is 0 Å². The van der Waals surface area contributed by atoms with Gasteiger partial charge in [0.1, 0.15) is 5.52 Å². The standard InChI is InChI=1S/C21H20BrF6N3/c22-18-15(8-5-7-14-6-1-2-9-16(14)21(26,27)28)10-11-17-19(18)29-30-31(17)13-4-3-12-20(23,24)25/h1-2,6,9-11H,3-5,7-8,12-13H2. The molecule has 3 rings (SSSR count). The Morgan fingerprint density at radius 1 is 0.839 bits per heavy atom. The van der Waals surface area contributed by atoms with E-state index in [0.29, 0.717) is 41.3 Å². The van der Waals surface area contributed by atoms with Gasteiger partial charge in [-0.25, -0.2) is 4.68 Å². The molecule has 168 valence electrons. The molecular formula is C21H20BrF6N3. The van der Waals surface area contributed by atoms with E-state index in [2.05, 4.69) is 26.2 Å². The molecule has 3 nitrogen and oxygen atoms in total. The molecule has 0 atom stereocenters. The Hall–Kier alpha value is -2.10. The SMILES string of the molecule is FC(F)(F)CCCCn1nnc2c(Br)c(CCCc3ccccc3C(F)(F)F)ccc21. The zero-order chi connectivity index (χ0) is 22.6. The van der Waals surface area contributed by atoms with Crippen molar-refractivity contribution < 1.29 is 26.3 Å². The number of benzene rings is 2. The van der Waals surface area contributed by atoms with Gasteiger partial charge < -0.3 is 0 Å². The quantitative estimate of drug-likeness (QED) is 0.240. The Balaban J connectivity index is 1.64. The first kappa shape index (κ1) is 23.6. The molecule has 0 unspecified atom stereocenters. The highest BCUT2D eigenvalue weighted by molar-refractivity contribution is 9.10. The molecule has 0 radical (unpaired) electrons. The van der Waals surface area contributed by atoms with Gasteiger partial charge in [-0.3, -0.25) is 0 Å². The van der Waals surface area contributed by atoms with Crippen LogP contribution in [0.5, 0.6) is 0 Å². The maximum absolute atomic E-state index is 13.1. The van der Waals surface area contributed by atoms with Gasteiger partial charge in [0.2, 0.25) is 0 Å². The van der Waals surface area contributed by atoms with Crippen molar-refractivity contribution in [1.29, 1.82) is 0 Å². The molecule has 1 heterocycles. The molecule has 0 spiro atoms. The number of aryl methyl sites for hydroxylation is 3. The van der Waals surface area contributed by atoms with Gasteiger partial charge >= 0.3 is 12.4 Å². The van der Waals surface area contributed by atoms with Gasteiger partial charge in [-0.15, -0.1) is 5.10 Å². The highest BCUT2D eigenvalue weighted by Gasteiger charge is 2.32. The zero-order valence-electron chi connectivity index (χ0n) is 16.4. The molecule has 0 saturated carbocycles. The van der Waals surface area contributed by atoms with Gasteiger partial charge in [-0.2, -0.15) is 26.3 Å². The molecule has 31 heavy (non-hydrogen) atoms. The summed E-state index contributed by atoms with van der Waals surface area (Å²) in [4.78, 5) is 0. The summed E-state index contributed by atoms with van der Waals surface area (Å²) in [5.74, 6) is 0. The van der Waals surface area contributed by atoms with Crippen LogP contribution in [0.1, 0.15) is 42.4 Å². The van der Waals surface area contributed by atoms with Crippen LogP contribution in [-0.2, 0) is 25.6 Å². The lowest BCUT2D eigenvalue weighted by Crippen LogP contribution is -2.09. The number of halogens is 7. The predicted molar refractivity (Wildman–Crippen MR) is 109 cm³/mol. The molecular weight excluding hydrogens is 488 g/mol. The minimum atomic E-state index is -4.38. The van der Waals surface area contributed by atoms with Crippen molar-refractivity contribution in [2.45, 2.75) is 57.4 Å². The Kier molecular flexibility index (Phi) is 7.28. The summed E-state index contributed by atoms with van der Waals surface area (Å²) in [6.07, 6.45) is -7.68. The van der Waals surface area contributed by atoms with Crippen molar-refractivity contribution in [3.05, 3.63) is 57.6 Å². The molecule has 0 bridgehead atoms. The average molecular weight is 508 g/mol. The number of unbranched alkanes of at least 4 members (excludes halogenated alkanes) is 1. The van der Waals surface area contributed by atoms with Gasteiger partial charge in [0, 0.05) is 13.0 Å². The van der Waals surface area contributed by atoms with Gasteiger partial charge in [-0.1, -0.05) is 29.5 Å². The average Bonchev–Trinajstić information content (AvgIpc) is 3.10. The van der Waals surface area contributed by atoms with E-state index in [-0.39, 0.29) is 18.4 Å². The number of fused-ring (bicyclic) bond motifs is 1. The Labute approximate surface area is 183 Å². The maximum atomic E-state index is 13.1. The Morgan fingerprint density at radius 2 is 1.55 bits per heavy atom. The highest BCUT2D eigenvalue weighted by atomic mass is 79.9. The van der Waals surface area contributed by atoms with Gasteiger partial charge in [-0.05, 0) is 71.3 Å². The number of hydrogen-bond acceptors (Lipinski definition) is 2. The molecule has 0 fully saturated rings. The monoisotopic (exact) mass is 507 g/mol. The molecule has 0 aliphatic rings. The van der Waals surface area contributed by atoms with Crippen LogP contribution in [0.3, 0.4) is 0 Å². The fraction of sp³-hybridized carbons (Fsp3) is 0.429. The normalized spacial score (nSPS) is 12.6. The minimum Gasteiger partial charge on any atom is -0.245 e. The van der Waals surface area contributed by atoms with Gasteiger partial charge in [0.25, 0.3) is 0 Å². The third-order valence-electron chi connectivity index (χ3n) is 5.00. The van der Waals surface area contributed by atoms with Gasteiger partial charge in [0.15, 0.2) is 0 Å². The van der Waals surface area contributed by atoms with Crippen molar-refractivity contribution in [1.82, 2.24) is 15.0 Å². The van der Waals surface area contributed by atoms with Crippen molar-refractivity contribution in [3.8, 4) is 0 Å². The summed E-state index contributed by atoms with van der Waals surface area (Å²) in [7, 11) is 0. The first-order valence-corrected chi connectivity index (χ1v) is 10.6. The van der Waals surface area contributed by atoms with E-state index in [1.54, 1.807) is 16.8 Å². The van der Waals surface area contributed by atoms with E-state index in [9.17, 15) is 26.3 Å². The highest BCUT2D eigenvalue weighted by Crippen LogP contribution is 2.33. The third-order valence-corrected chi connectivity index (χ3v) is 5.89. The van der Waals surface area contributed by atoms with Crippen LogP contribution in [0, 0.1) is 0 Å². The van der Waals surface area contributed by atoms with Crippen molar-refractivity contribution in [2.75, 3.05) is 0 Å². The Morgan fingerprint density at radius 3 is 2.26 bits per heavy atom. The summed E-state index contributed by atoms with van der Waals surface area (Å²) in [6.45, 7) is 0.326. The Bertz CT molecular complexity index is 1030. The second-order valence-corrected chi connectivity index (χ2v) is 8.09. The number of hydrogen-bond donors (Lipinski definition) is 0. The molecule has 10 heteroatoms. The van der Waals surface area contributed by atoms with Crippen LogP contribution in [-0.4, -0.2) is 21.2 Å². The zero-order valence-corrected chi connectivity index (χ0v) is 18.0. The summed E-state index contributed by atoms with van der Waals surface area (Å²) in [5.41, 5.74) is 1.82. The van der Waals surface area contributed by atoms with Crippen molar-refractivity contribution in [2.24, 2.45) is 0 Å². The largest absolute Gasteiger partial charge is 0.416 e. The lowest BCUT2D eigenvalue weighted by molar-refractivity contribution is -0.138. The lowest BCUT2D eigenvalue weighted by Gasteiger charge is -2.12. The fourth-order valence-corrected chi connectivity index (χ4v) is 4.09. The van der Waals surface area contributed by atoms with E-state index in [1.165, 1.54) is 12.1 Å². The van der Waals surface area contributed by atoms with Crippen LogP contribution in [0.4, 0.5) is 26.3 Å². The number of nitrogens with zero attached hydrogens (tertiary/aromatic N) is 3. The van der Waals surface area contributed by atoms with E-state index < -0.39 is 24.3 Å². The summed E-state index contributed by atoms with van der Waals surface area (Å²) in [5, 5.41) is 8.14. The van der Waals surface area contributed by atoms with E-state index in [1.807, 2.05) is 6.07 Å². The first-order valence-electron chi connectivity index (χ1n) is 9.79. The van der Waals surface area contributed by atoms with E-state index >= 15 is 0 Å². The topological polar surface area (TPSA) is 30.7 Å². The second kappa shape index (κ2) is 9.58. The smallest absolute Gasteiger partial charge is 0.245 e. The van der Waals surface area contributed by atoms with Crippen molar-refractivity contribution >= 4 is 27.0 Å². The third kappa shape index (κ3) is 6.21. The molecule has 0 aliphatic carbocycles.